The molecule has 1 aromatic carbocycles. The zero-order chi connectivity index (χ0) is 17.1. The smallest absolute Gasteiger partial charge is 0.267 e. The predicted octanol–water partition coefficient (Wildman–Crippen LogP) is 1.97. The molecule has 23 heavy (non-hydrogen) atoms. The molecule has 0 unspecified atom stereocenters. The molecule has 0 fully saturated rings. The molecule has 0 atom stereocenters. The molecule has 1 aromatic rings. The number of hydrogen-bond acceptors (Lipinski definition) is 5. The highest BCUT2D eigenvalue weighted by Gasteiger charge is 2.09. The van der Waals surface area contributed by atoms with Crippen LogP contribution in [0.3, 0.4) is 0 Å². The number of amides is 1. The number of nitrogens with one attached hydrogen (secondary N) is 2. The number of rotatable bonds is 9. The minimum Gasteiger partial charge on any atom is -0.497 e. The summed E-state index contributed by atoms with van der Waals surface area (Å²) >= 11 is 0. The highest BCUT2D eigenvalue weighted by Crippen LogP contribution is 2.15. The molecule has 0 spiro atoms. The maximum Gasteiger partial charge on any atom is 0.267 e. The number of carbonyl (C=O) groups excluding carboxylic acids is 1. The summed E-state index contributed by atoms with van der Waals surface area (Å²) in [5.41, 5.74) is 0.653. The highest BCUT2D eigenvalue weighted by molar-refractivity contribution is 6.06. The third-order valence-electron chi connectivity index (χ3n) is 3.43. The van der Waals surface area contributed by atoms with Crippen LogP contribution in [0, 0.1) is 11.3 Å². The van der Waals surface area contributed by atoms with Crippen LogP contribution >= 0.6 is 0 Å². The van der Waals surface area contributed by atoms with Crippen LogP contribution in [0.2, 0.25) is 0 Å². The van der Waals surface area contributed by atoms with Crippen LogP contribution in [0.25, 0.3) is 0 Å². The van der Waals surface area contributed by atoms with E-state index in [1.54, 1.807) is 31.4 Å². The Kier molecular flexibility index (Phi) is 8.25. The van der Waals surface area contributed by atoms with E-state index in [1.807, 2.05) is 6.07 Å². The molecule has 0 aliphatic carbocycles. The molecule has 0 radical (unpaired) electrons. The summed E-state index contributed by atoms with van der Waals surface area (Å²) in [6.07, 6.45) is 1.46. The van der Waals surface area contributed by atoms with Crippen molar-refractivity contribution in [3.05, 3.63) is 36.0 Å². The van der Waals surface area contributed by atoms with E-state index in [9.17, 15) is 4.79 Å². The van der Waals surface area contributed by atoms with E-state index in [0.29, 0.717) is 18.0 Å². The molecule has 0 aromatic heterocycles. The minimum absolute atomic E-state index is 0.0420. The SMILES string of the molecule is CCN(CC)CCN/C=C(/C#N)C(=O)Nc1ccc(OC)cc1. The molecule has 124 valence electrons. The second-order valence-corrected chi connectivity index (χ2v) is 4.83. The fraction of sp³-hybridized carbons (Fsp3) is 0.412. The summed E-state index contributed by atoms with van der Waals surface area (Å²) < 4.78 is 5.06. The molecule has 2 N–H and O–H groups in total. The molecule has 0 bridgehead atoms. The third-order valence-corrected chi connectivity index (χ3v) is 3.43. The minimum atomic E-state index is -0.437. The van der Waals surface area contributed by atoms with Gasteiger partial charge >= 0.3 is 0 Å². The molecule has 0 saturated carbocycles. The Bertz CT molecular complexity index is 557. The van der Waals surface area contributed by atoms with Crippen LogP contribution in [0.1, 0.15) is 13.8 Å². The van der Waals surface area contributed by atoms with Crippen molar-refractivity contribution in [1.29, 1.82) is 5.26 Å². The van der Waals surface area contributed by atoms with Crippen LogP contribution in [-0.2, 0) is 4.79 Å². The van der Waals surface area contributed by atoms with Crippen molar-refractivity contribution in [2.45, 2.75) is 13.8 Å². The highest BCUT2D eigenvalue weighted by atomic mass is 16.5. The number of methoxy groups -OCH3 is 1. The van der Waals surface area contributed by atoms with E-state index in [2.05, 4.69) is 29.4 Å². The van der Waals surface area contributed by atoms with E-state index in [4.69, 9.17) is 10.00 Å². The maximum atomic E-state index is 12.1. The summed E-state index contributed by atoms with van der Waals surface area (Å²) in [5.74, 6) is 0.269. The van der Waals surface area contributed by atoms with Crippen LogP contribution in [0.5, 0.6) is 5.75 Å². The first-order chi connectivity index (χ1) is 11.1. The summed E-state index contributed by atoms with van der Waals surface area (Å²) in [4.78, 5) is 14.3. The van der Waals surface area contributed by atoms with E-state index in [1.165, 1.54) is 6.20 Å². The van der Waals surface area contributed by atoms with Crippen LogP contribution in [-0.4, -0.2) is 44.1 Å². The Morgan fingerprint density at radius 2 is 1.96 bits per heavy atom. The Morgan fingerprint density at radius 3 is 2.48 bits per heavy atom. The lowest BCUT2D eigenvalue weighted by Crippen LogP contribution is -2.30. The topological polar surface area (TPSA) is 77.4 Å². The summed E-state index contributed by atoms with van der Waals surface area (Å²) in [5, 5.41) is 14.8. The van der Waals surface area contributed by atoms with Gasteiger partial charge in [0.15, 0.2) is 0 Å². The van der Waals surface area contributed by atoms with Gasteiger partial charge in [-0.1, -0.05) is 13.8 Å². The van der Waals surface area contributed by atoms with Gasteiger partial charge in [-0.15, -0.1) is 0 Å². The van der Waals surface area contributed by atoms with Crippen molar-refractivity contribution in [3.8, 4) is 11.8 Å². The number of carbonyl (C=O) groups is 1. The number of likely N-dealkylation sites (N-methyl/N-ethyl adjacent to an activating group) is 1. The lowest BCUT2D eigenvalue weighted by atomic mass is 10.2. The van der Waals surface area contributed by atoms with Gasteiger partial charge in [0, 0.05) is 25.0 Å². The van der Waals surface area contributed by atoms with Crippen molar-refractivity contribution >= 4 is 11.6 Å². The number of anilines is 1. The van der Waals surface area contributed by atoms with Gasteiger partial charge in [0.25, 0.3) is 5.91 Å². The molecule has 0 aliphatic rings. The largest absolute Gasteiger partial charge is 0.497 e. The summed E-state index contributed by atoms with van der Waals surface area (Å²) in [7, 11) is 1.58. The monoisotopic (exact) mass is 316 g/mol. The van der Waals surface area contributed by atoms with Gasteiger partial charge in [-0.2, -0.15) is 5.26 Å². The van der Waals surface area contributed by atoms with E-state index < -0.39 is 5.91 Å². The van der Waals surface area contributed by atoms with Gasteiger partial charge in [-0.05, 0) is 37.4 Å². The lowest BCUT2D eigenvalue weighted by molar-refractivity contribution is -0.112. The van der Waals surface area contributed by atoms with Crippen LogP contribution in [0.15, 0.2) is 36.0 Å². The number of hydrogen-bond donors (Lipinski definition) is 2. The van der Waals surface area contributed by atoms with Crippen molar-refractivity contribution in [2.24, 2.45) is 0 Å². The Morgan fingerprint density at radius 1 is 1.30 bits per heavy atom. The standard InChI is InChI=1S/C17H24N4O2/c1-4-21(5-2)11-10-19-13-14(12-18)17(22)20-15-6-8-16(23-3)9-7-15/h6-9,13,19H,4-5,10-11H2,1-3H3,(H,20,22)/b14-13-. The average Bonchev–Trinajstić information content (AvgIpc) is 2.59. The van der Waals surface area contributed by atoms with Gasteiger partial charge in [0.05, 0.1) is 7.11 Å². The first-order valence-electron chi connectivity index (χ1n) is 7.66. The quantitative estimate of drug-likeness (QED) is 0.414. The summed E-state index contributed by atoms with van der Waals surface area (Å²) in [6.45, 7) is 7.70. The van der Waals surface area contributed by atoms with Gasteiger partial charge in [0.2, 0.25) is 0 Å². The van der Waals surface area contributed by atoms with Crippen molar-refractivity contribution in [3.63, 3.8) is 0 Å². The molecule has 0 aliphatic heterocycles. The number of nitrogens with zero attached hydrogens (tertiary/aromatic N) is 2. The third kappa shape index (κ3) is 6.41. The van der Waals surface area contributed by atoms with Gasteiger partial charge in [0.1, 0.15) is 17.4 Å². The van der Waals surface area contributed by atoms with Crippen molar-refractivity contribution < 1.29 is 9.53 Å². The zero-order valence-electron chi connectivity index (χ0n) is 13.9. The van der Waals surface area contributed by atoms with Crippen molar-refractivity contribution in [2.75, 3.05) is 38.6 Å². The van der Waals surface area contributed by atoms with E-state index >= 15 is 0 Å². The fourth-order valence-electron chi connectivity index (χ4n) is 1.96. The number of nitriles is 1. The molecule has 1 amide bonds. The maximum absolute atomic E-state index is 12.1. The fourth-order valence-corrected chi connectivity index (χ4v) is 1.96. The Balaban J connectivity index is 2.53. The Hall–Kier alpha value is -2.52. The molecule has 1 rings (SSSR count). The first-order valence-corrected chi connectivity index (χ1v) is 7.66. The van der Waals surface area contributed by atoms with Crippen molar-refractivity contribution in [1.82, 2.24) is 10.2 Å². The number of benzene rings is 1. The molecule has 0 heterocycles. The van der Waals surface area contributed by atoms with Crippen LogP contribution < -0.4 is 15.4 Å². The van der Waals surface area contributed by atoms with Gasteiger partial charge < -0.3 is 20.3 Å². The van der Waals surface area contributed by atoms with Gasteiger partial charge in [-0.3, -0.25) is 4.79 Å². The van der Waals surface area contributed by atoms with E-state index in [0.717, 1.165) is 19.6 Å². The molecule has 6 heteroatoms. The van der Waals surface area contributed by atoms with E-state index in [-0.39, 0.29) is 5.57 Å². The first kappa shape index (κ1) is 18.5. The predicted molar refractivity (Wildman–Crippen MR) is 91.1 cm³/mol. The summed E-state index contributed by atoms with van der Waals surface area (Å²) in [6, 6.07) is 8.84. The Labute approximate surface area is 137 Å². The van der Waals surface area contributed by atoms with Crippen LogP contribution in [0.4, 0.5) is 5.69 Å². The number of ether oxygens (including phenoxy) is 1. The zero-order valence-corrected chi connectivity index (χ0v) is 13.9. The average molecular weight is 316 g/mol. The lowest BCUT2D eigenvalue weighted by Gasteiger charge is -2.17. The molecular weight excluding hydrogens is 292 g/mol. The van der Waals surface area contributed by atoms with Gasteiger partial charge in [-0.25, -0.2) is 0 Å². The second-order valence-electron chi connectivity index (χ2n) is 4.83. The second kappa shape index (κ2) is 10.2. The normalized spacial score (nSPS) is 11.0. The molecular formula is C17H24N4O2. The molecule has 6 nitrogen and oxygen atoms in total. The molecule has 0 saturated heterocycles.